The van der Waals surface area contributed by atoms with Crippen LogP contribution in [0.3, 0.4) is 0 Å². The highest BCUT2D eigenvalue weighted by atomic mass is 16.5. The number of esters is 1. The smallest absolute Gasteiger partial charge is 0.329 e. The number of benzene rings is 2. The van der Waals surface area contributed by atoms with Gasteiger partial charge in [0.25, 0.3) is 0 Å². The zero-order valence-electron chi connectivity index (χ0n) is 18.2. The lowest BCUT2D eigenvalue weighted by Crippen LogP contribution is -2.47. The second kappa shape index (κ2) is 11.1. The van der Waals surface area contributed by atoms with Gasteiger partial charge in [-0.2, -0.15) is 0 Å². The first-order valence-electron chi connectivity index (χ1n) is 10.1. The lowest BCUT2D eigenvalue weighted by molar-refractivity contribution is -0.151. The fourth-order valence-electron chi connectivity index (χ4n) is 2.96. The van der Waals surface area contributed by atoms with Gasteiger partial charge in [-0.15, -0.1) is 0 Å². The molecule has 7 heteroatoms. The molecule has 0 bridgehead atoms. The van der Waals surface area contributed by atoms with Crippen LogP contribution in [0.25, 0.3) is 0 Å². The summed E-state index contributed by atoms with van der Waals surface area (Å²) < 4.78 is 5.36. The maximum Gasteiger partial charge on any atom is 0.329 e. The van der Waals surface area contributed by atoms with Crippen LogP contribution in [0, 0.1) is 5.92 Å². The standard InChI is InChI=1S/C24H28N2O5/c1-15(2)22(26-21(28)14-18-8-6-5-7-9-18)24(30)31-16(3)23(29)19-10-12-20(13-11-19)25-17(4)27/h5-13,15-16,22H,14H2,1-4H3,(H,25,27)(H,26,28)/t16-,22-/m0/s1. The predicted octanol–water partition coefficient (Wildman–Crippen LogP) is 3.14. The fraction of sp³-hybridized carbons (Fsp3) is 0.333. The number of ether oxygens (including phenoxy) is 1. The van der Waals surface area contributed by atoms with E-state index in [1.807, 2.05) is 30.3 Å². The first-order valence-corrected chi connectivity index (χ1v) is 10.1. The van der Waals surface area contributed by atoms with Crippen LogP contribution in [-0.4, -0.2) is 35.7 Å². The van der Waals surface area contributed by atoms with Crippen LogP contribution in [-0.2, 0) is 25.5 Å². The molecule has 0 aromatic heterocycles. The van der Waals surface area contributed by atoms with Gasteiger partial charge >= 0.3 is 5.97 Å². The van der Waals surface area contributed by atoms with Crippen LogP contribution in [0.1, 0.15) is 43.6 Å². The molecule has 0 spiro atoms. The van der Waals surface area contributed by atoms with Crippen molar-refractivity contribution in [2.45, 2.75) is 46.3 Å². The third-order valence-electron chi connectivity index (χ3n) is 4.60. The third-order valence-corrected chi connectivity index (χ3v) is 4.60. The van der Waals surface area contributed by atoms with Gasteiger partial charge in [0.05, 0.1) is 6.42 Å². The Balaban J connectivity index is 1.98. The zero-order valence-corrected chi connectivity index (χ0v) is 18.2. The van der Waals surface area contributed by atoms with Crippen molar-refractivity contribution in [3.8, 4) is 0 Å². The van der Waals surface area contributed by atoms with Crippen molar-refractivity contribution in [2.75, 3.05) is 5.32 Å². The summed E-state index contributed by atoms with van der Waals surface area (Å²) in [6, 6.07) is 14.7. The van der Waals surface area contributed by atoms with Gasteiger partial charge in [-0.05, 0) is 42.7 Å². The second-order valence-electron chi connectivity index (χ2n) is 7.65. The number of hydrogen-bond donors (Lipinski definition) is 2. The largest absolute Gasteiger partial charge is 0.453 e. The molecule has 0 saturated heterocycles. The van der Waals surface area contributed by atoms with E-state index in [0.29, 0.717) is 11.3 Å². The van der Waals surface area contributed by atoms with Gasteiger partial charge < -0.3 is 15.4 Å². The molecule has 2 amide bonds. The number of Topliss-reactive ketones (excluding diaryl/α,β-unsaturated/α-hetero) is 1. The van der Waals surface area contributed by atoms with Crippen LogP contribution in [0.5, 0.6) is 0 Å². The van der Waals surface area contributed by atoms with Crippen LogP contribution in [0.15, 0.2) is 54.6 Å². The molecule has 0 aliphatic heterocycles. The molecule has 2 aromatic carbocycles. The molecule has 7 nitrogen and oxygen atoms in total. The molecule has 0 saturated carbocycles. The molecule has 2 N–H and O–H groups in total. The third kappa shape index (κ3) is 7.37. The van der Waals surface area contributed by atoms with Gasteiger partial charge in [0.1, 0.15) is 6.04 Å². The van der Waals surface area contributed by atoms with Gasteiger partial charge in [0.15, 0.2) is 6.10 Å². The molecule has 0 radical (unpaired) electrons. The van der Waals surface area contributed by atoms with Gasteiger partial charge in [-0.1, -0.05) is 44.2 Å². The summed E-state index contributed by atoms with van der Waals surface area (Å²) in [5.74, 6) is -1.76. The number of amides is 2. The first-order chi connectivity index (χ1) is 14.7. The fourth-order valence-corrected chi connectivity index (χ4v) is 2.96. The molecular weight excluding hydrogens is 396 g/mol. The SMILES string of the molecule is CC(=O)Nc1ccc(C(=O)[C@H](C)OC(=O)[C@@H](NC(=O)Cc2ccccc2)C(C)C)cc1. The maximum absolute atomic E-state index is 12.7. The molecule has 0 aliphatic rings. The Morgan fingerprint density at radius 3 is 2.06 bits per heavy atom. The minimum atomic E-state index is -1.02. The van der Waals surface area contributed by atoms with E-state index in [-0.39, 0.29) is 29.9 Å². The highest BCUT2D eigenvalue weighted by Crippen LogP contribution is 2.14. The number of ketones is 1. The minimum absolute atomic E-state index is 0.145. The number of rotatable bonds is 9. The highest BCUT2D eigenvalue weighted by molar-refractivity contribution is 6.01. The number of anilines is 1. The molecular formula is C24H28N2O5. The topological polar surface area (TPSA) is 102 Å². The summed E-state index contributed by atoms with van der Waals surface area (Å²) in [6.45, 7) is 6.47. The maximum atomic E-state index is 12.7. The zero-order chi connectivity index (χ0) is 23.0. The van der Waals surface area contributed by atoms with Gasteiger partial charge in [0, 0.05) is 18.2 Å². The van der Waals surface area contributed by atoms with E-state index in [2.05, 4.69) is 10.6 Å². The molecule has 0 heterocycles. The Labute approximate surface area is 182 Å². The second-order valence-corrected chi connectivity index (χ2v) is 7.65. The molecule has 0 unspecified atom stereocenters. The monoisotopic (exact) mass is 424 g/mol. The minimum Gasteiger partial charge on any atom is -0.453 e. The molecule has 0 fully saturated rings. The Bertz CT molecular complexity index is 923. The van der Waals surface area contributed by atoms with Crippen molar-refractivity contribution in [1.29, 1.82) is 0 Å². The predicted molar refractivity (Wildman–Crippen MR) is 118 cm³/mol. The summed E-state index contributed by atoms with van der Waals surface area (Å²) in [6.07, 6.45) is -0.877. The van der Waals surface area contributed by atoms with Gasteiger partial charge in [-0.25, -0.2) is 4.79 Å². The Hall–Kier alpha value is -3.48. The van der Waals surface area contributed by atoms with E-state index in [9.17, 15) is 19.2 Å². The van der Waals surface area contributed by atoms with E-state index in [1.165, 1.54) is 13.8 Å². The summed E-state index contributed by atoms with van der Waals surface area (Å²) in [5.41, 5.74) is 1.75. The van der Waals surface area contributed by atoms with Crippen LogP contribution >= 0.6 is 0 Å². The lowest BCUT2D eigenvalue weighted by Gasteiger charge is -2.23. The van der Waals surface area contributed by atoms with Crippen LogP contribution < -0.4 is 10.6 Å². The molecule has 2 aromatic rings. The summed E-state index contributed by atoms with van der Waals surface area (Å²) in [5, 5.41) is 5.33. The van der Waals surface area contributed by atoms with Crippen molar-refractivity contribution in [3.63, 3.8) is 0 Å². The van der Waals surface area contributed by atoms with E-state index < -0.39 is 18.1 Å². The van der Waals surface area contributed by atoms with Crippen molar-refractivity contribution < 1.29 is 23.9 Å². The molecule has 164 valence electrons. The Morgan fingerprint density at radius 1 is 0.903 bits per heavy atom. The Morgan fingerprint density at radius 2 is 1.52 bits per heavy atom. The molecule has 2 rings (SSSR count). The first kappa shape index (κ1) is 23.8. The lowest BCUT2D eigenvalue weighted by atomic mass is 10.0. The summed E-state index contributed by atoms with van der Waals surface area (Å²) in [7, 11) is 0. The molecule has 0 aliphatic carbocycles. The van der Waals surface area contributed by atoms with E-state index in [0.717, 1.165) is 5.56 Å². The highest BCUT2D eigenvalue weighted by Gasteiger charge is 2.29. The van der Waals surface area contributed by atoms with E-state index in [1.54, 1.807) is 38.1 Å². The van der Waals surface area contributed by atoms with Gasteiger partial charge in [0.2, 0.25) is 17.6 Å². The van der Waals surface area contributed by atoms with Crippen LogP contribution in [0.2, 0.25) is 0 Å². The normalized spacial score (nSPS) is 12.5. The van der Waals surface area contributed by atoms with Crippen molar-refractivity contribution >= 4 is 29.3 Å². The van der Waals surface area contributed by atoms with E-state index in [4.69, 9.17) is 4.74 Å². The molecule has 31 heavy (non-hydrogen) atoms. The van der Waals surface area contributed by atoms with Crippen molar-refractivity contribution in [1.82, 2.24) is 5.32 Å². The Kier molecular flexibility index (Phi) is 8.49. The van der Waals surface area contributed by atoms with Crippen LogP contribution in [0.4, 0.5) is 5.69 Å². The van der Waals surface area contributed by atoms with Crippen molar-refractivity contribution in [2.24, 2.45) is 5.92 Å². The number of nitrogens with one attached hydrogen (secondary N) is 2. The summed E-state index contributed by atoms with van der Waals surface area (Å²) >= 11 is 0. The average molecular weight is 424 g/mol. The summed E-state index contributed by atoms with van der Waals surface area (Å²) in [4.78, 5) is 48.7. The quantitative estimate of drug-likeness (QED) is 0.476. The molecule has 2 atom stereocenters. The number of hydrogen-bond acceptors (Lipinski definition) is 5. The van der Waals surface area contributed by atoms with E-state index >= 15 is 0 Å². The number of carbonyl (C=O) groups excluding carboxylic acids is 4. The number of carbonyl (C=O) groups is 4. The average Bonchev–Trinajstić information content (AvgIpc) is 2.72. The van der Waals surface area contributed by atoms with Crippen molar-refractivity contribution in [3.05, 3.63) is 65.7 Å². The van der Waals surface area contributed by atoms with Gasteiger partial charge in [-0.3, -0.25) is 14.4 Å².